The van der Waals surface area contributed by atoms with Gasteiger partial charge in [-0.15, -0.1) is 5.10 Å². The molecule has 0 unspecified atom stereocenters. The number of amides is 2. The molecule has 2 N–H and O–H groups in total. The van der Waals surface area contributed by atoms with Crippen LogP contribution in [0.2, 0.25) is 0 Å². The standard InChI is InChI=1S/C21H23N7O7/c1-11-15(8-29)19(21(32)35-9-13-3-5-14(6-4-13)28(33)34)27-18(11)17(20(27)31)12(2)23-16(30)7-26-10-22-24-25-26/h3-6,10-12,17-18,29H,7-9H2,1-2H3,(H,23,30)/t11-,12+,17+,18+/m0/s1. The molecule has 0 spiro atoms. The van der Waals surface area contributed by atoms with Gasteiger partial charge in [-0.25, -0.2) is 9.48 Å². The quantitative estimate of drug-likeness (QED) is 0.204. The van der Waals surface area contributed by atoms with Gasteiger partial charge in [-0.2, -0.15) is 0 Å². The Bertz CT molecular complexity index is 1180. The van der Waals surface area contributed by atoms with E-state index in [2.05, 4.69) is 20.8 Å². The molecular weight excluding hydrogens is 462 g/mol. The number of tetrazole rings is 1. The van der Waals surface area contributed by atoms with Gasteiger partial charge >= 0.3 is 5.97 Å². The summed E-state index contributed by atoms with van der Waals surface area (Å²) in [6, 6.07) is 4.58. The number of nitrogens with one attached hydrogen (secondary N) is 1. The first-order valence-electron chi connectivity index (χ1n) is 10.8. The summed E-state index contributed by atoms with van der Waals surface area (Å²) in [6.07, 6.45) is 1.30. The van der Waals surface area contributed by atoms with Crippen molar-refractivity contribution in [2.75, 3.05) is 6.61 Å². The number of nitrogens with zero attached hydrogens (tertiary/aromatic N) is 6. The predicted octanol–water partition coefficient (Wildman–Crippen LogP) is -0.447. The van der Waals surface area contributed by atoms with Crippen LogP contribution in [0.4, 0.5) is 5.69 Å². The van der Waals surface area contributed by atoms with Crippen molar-refractivity contribution in [1.29, 1.82) is 0 Å². The molecule has 1 saturated heterocycles. The number of aliphatic hydroxyl groups excluding tert-OH is 1. The third-order valence-corrected chi connectivity index (χ3v) is 6.30. The van der Waals surface area contributed by atoms with E-state index in [0.717, 1.165) is 0 Å². The molecule has 3 heterocycles. The Hall–Kier alpha value is -4.20. The van der Waals surface area contributed by atoms with Crippen molar-refractivity contribution in [2.45, 2.75) is 39.1 Å². The van der Waals surface area contributed by atoms with Crippen molar-refractivity contribution < 1.29 is 29.2 Å². The molecule has 14 heteroatoms. The Labute approximate surface area is 198 Å². The van der Waals surface area contributed by atoms with Crippen LogP contribution in [-0.2, 0) is 32.3 Å². The molecule has 1 fully saturated rings. The number of ether oxygens (including phenoxy) is 1. The zero-order valence-electron chi connectivity index (χ0n) is 18.9. The van der Waals surface area contributed by atoms with Crippen molar-refractivity contribution in [2.24, 2.45) is 11.8 Å². The number of esters is 1. The summed E-state index contributed by atoms with van der Waals surface area (Å²) in [4.78, 5) is 49.8. The number of nitro groups is 1. The number of fused-ring (bicyclic) bond motifs is 1. The summed E-state index contributed by atoms with van der Waals surface area (Å²) in [6.45, 7) is 2.80. The fourth-order valence-corrected chi connectivity index (χ4v) is 4.58. The summed E-state index contributed by atoms with van der Waals surface area (Å²) < 4.78 is 6.60. The highest BCUT2D eigenvalue weighted by atomic mass is 16.6. The molecule has 0 bridgehead atoms. The van der Waals surface area contributed by atoms with Crippen molar-refractivity contribution >= 4 is 23.5 Å². The first-order valence-corrected chi connectivity index (χ1v) is 10.8. The Morgan fingerprint density at radius 3 is 2.63 bits per heavy atom. The first kappa shape index (κ1) is 23.9. The number of carbonyl (C=O) groups excluding carboxylic acids is 3. The summed E-state index contributed by atoms with van der Waals surface area (Å²) >= 11 is 0. The average molecular weight is 485 g/mol. The fourth-order valence-electron chi connectivity index (χ4n) is 4.58. The van der Waals surface area contributed by atoms with Crippen LogP contribution in [0.5, 0.6) is 0 Å². The van der Waals surface area contributed by atoms with Crippen LogP contribution >= 0.6 is 0 Å². The lowest BCUT2D eigenvalue weighted by Crippen LogP contribution is -2.66. The number of carbonyl (C=O) groups is 3. The minimum absolute atomic E-state index is 0.000350. The number of benzene rings is 1. The molecule has 0 saturated carbocycles. The Kier molecular flexibility index (Phi) is 6.55. The molecule has 4 rings (SSSR count). The van der Waals surface area contributed by atoms with Crippen molar-refractivity contribution in [1.82, 2.24) is 30.4 Å². The highest BCUT2D eigenvalue weighted by molar-refractivity contribution is 6.01. The maximum atomic E-state index is 13.0. The molecule has 2 amide bonds. The number of rotatable bonds is 9. The lowest BCUT2D eigenvalue weighted by molar-refractivity contribution is -0.384. The first-order chi connectivity index (χ1) is 16.7. The van der Waals surface area contributed by atoms with Gasteiger partial charge in [-0.05, 0) is 40.6 Å². The van der Waals surface area contributed by atoms with Gasteiger partial charge in [0.05, 0.1) is 23.5 Å². The van der Waals surface area contributed by atoms with Crippen LogP contribution in [-0.4, -0.2) is 71.6 Å². The minimum atomic E-state index is -0.774. The van der Waals surface area contributed by atoms with E-state index in [0.29, 0.717) is 11.1 Å². The number of hydrogen-bond donors (Lipinski definition) is 2. The molecule has 0 aliphatic carbocycles. The molecule has 1 aromatic carbocycles. The number of non-ortho nitro benzene ring substituents is 1. The normalized spacial score (nSPS) is 21.9. The van der Waals surface area contributed by atoms with Crippen LogP contribution in [0.1, 0.15) is 19.4 Å². The van der Waals surface area contributed by atoms with Crippen molar-refractivity contribution in [3.63, 3.8) is 0 Å². The SMILES string of the molecule is C[C@@H](NC(=O)Cn1cnnn1)[C@H]1C(=O)N2C(C(=O)OCc3ccc([N+](=O)[O-])cc3)=C(CO)[C@H](C)[C@H]12. The van der Waals surface area contributed by atoms with Gasteiger partial charge in [0.15, 0.2) is 0 Å². The minimum Gasteiger partial charge on any atom is -0.456 e. The predicted molar refractivity (Wildman–Crippen MR) is 116 cm³/mol. The van der Waals surface area contributed by atoms with Crippen molar-refractivity contribution in [3.8, 4) is 0 Å². The molecule has 2 aliphatic heterocycles. The lowest BCUT2D eigenvalue weighted by atomic mass is 9.76. The maximum Gasteiger partial charge on any atom is 0.355 e. The van der Waals surface area contributed by atoms with Crippen LogP contribution in [0.3, 0.4) is 0 Å². The molecule has 2 aliphatic rings. The molecule has 0 radical (unpaired) electrons. The van der Waals surface area contributed by atoms with Crippen LogP contribution in [0.25, 0.3) is 0 Å². The zero-order chi connectivity index (χ0) is 25.3. The van der Waals surface area contributed by atoms with Crippen LogP contribution in [0.15, 0.2) is 41.9 Å². The largest absolute Gasteiger partial charge is 0.456 e. The van der Waals surface area contributed by atoms with Gasteiger partial charge in [0, 0.05) is 24.1 Å². The smallest absolute Gasteiger partial charge is 0.355 e. The number of hydrogen-bond acceptors (Lipinski definition) is 10. The lowest BCUT2D eigenvalue weighted by Gasteiger charge is -2.48. The second kappa shape index (κ2) is 9.58. The summed E-state index contributed by atoms with van der Waals surface area (Å²) in [5.74, 6) is -2.43. The van der Waals surface area contributed by atoms with Gasteiger partial charge in [0.1, 0.15) is 25.2 Å². The fraction of sp³-hybridized carbons (Fsp3) is 0.429. The van der Waals surface area contributed by atoms with Gasteiger partial charge in [0.25, 0.3) is 5.69 Å². The maximum absolute atomic E-state index is 13.0. The molecule has 35 heavy (non-hydrogen) atoms. The van der Waals surface area contributed by atoms with E-state index in [1.165, 1.54) is 40.2 Å². The molecular formula is C21H23N7O7. The molecule has 4 atom stereocenters. The molecule has 184 valence electrons. The van der Waals surface area contributed by atoms with E-state index in [4.69, 9.17) is 4.74 Å². The monoisotopic (exact) mass is 485 g/mol. The molecule has 2 aromatic rings. The topological polar surface area (TPSA) is 183 Å². The highest BCUT2D eigenvalue weighted by Gasteiger charge is 2.60. The van der Waals surface area contributed by atoms with Crippen molar-refractivity contribution in [3.05, 3.63) is 57.5 Å². The third kappa shape index (κ3) is 4.47. The summed E-state index contributed by atoms with van der Waals surface area (Å²) in [7, 11) is 0. The highest BCUT2D eigenvalue weighted by Crippen LogP contribution is 2.47. The third-order valence-electron chi connectivity index (χ3n) is 6.30. The average Bonchev–Trinajstić information content (AvgIpc) is 3.41. The van der Waals surface area contributed by atoms with E-state index < -0.39 is 35.5 Å². The van der Waals surface area contributed by atoms with E-state index in [9.17, 15) is 29.6 Å². The summed E-state index contributed by atoms with van der Waals surface area (Å²) in [5.41, 5.74) is 0.825. The van der Waals surface area contributed by atoms with Gasteiger partial charge in [-0.1, -0.05) is 6.92 Å². The Morgan fingerprint density at radius 2 is 2.03 bits per heavy atom. The number of aliphatic hydroxyl groups is 1. The van der Waals surface area contributed by atoms with E-state index >= 15 is 0 Å². The Morgan fingerprint density at radius 1 is 1.31 bits per heavy atom. The number of β-lactam (4-membered cyclic amide) rings is 1. The van der Waals surface area contributed by atoms with E-state index in [-0.39, 0.29) is 42.3 Å². The zero-order valence-corrected chi connectivity index (χ0v) is 18.9. The Balaban J connectivity index is 1.41. The second-order valence-electron chi connectivity index (χ2n) is 8.41. The van der Waals surface area contributed by atoms with Gasteiger partial charge in [-0.3, -0.25) is 19.7 Å². The van der Waals surface area contributed by atoms with Crippen LogP contribution in [0, 0.1) is 22.0 Å². The molecule has 1 aromatic heterocycles. The van der Waals surface area contributed by atoms with Gasteiger partial charge < -0.3 is 20.1 Å². The second-order valence-corrected chi connectivity index (χ2v) is 8.41. The summed E-state index contributed by atoms with van der Waals surface area (Å²) in [5, 5.41) is 34.0. The van der Waals surface area contributed by atoms with Crippen LogP contribution < -0.4 is 5.32 Å². The van der Waals surface area contributed by atoms with Gasteiger partial charge in [0.2, 0.25) is 11.8 Å². The van der Waals surface area contributed by atoms with E-state index in [1.807, 2.05) is 0 Å². The van der Waals surface area contributed by atoms with E-state index in [1.54, 1.807) is 13.8 Å². The number of aromatic nitrogens is 4. The molecule has 14 nitrogen and oxygen atoms in total. The number of nitro benzene ring substituents is 1.